The van der Waals surface area contributed by atoms with E-state index in [4.69, 9.17) is 0 Å². The molecule has 0 atom stereocenters. The number of hydrogen-bond donors (Lipinski definition) is 1. The summed E-state index contributed by atoms with van der Waals surface area (Å²) in [6.07, 6.45) is 0. The van der Waals surface area contributed by atoms with Gasteiger partial charge < -0.3 is 10.2 Å². The van der Waals surface area contributed by atoms with Gasteiger partial charge in [-0.2, -0.15) is 4.31 Å². The number of halogens is 1. The Kier molecular flexibility index (Phi) is 6.82. The van der Waals surface area contributed by atoms with E-state index in [0.717, 1.165) is 27.1 Å². The maximum atomic E-state index is 12.5. The Morgan fingerprint density at radius 1 is 1.36 bits per heavy atom. The molecule has 126 valence electrons. The van der Waals surface area contributed by atoms with E-state index >= 15 is 0 Å². The molecule has 9 heteroatoms. The molecule has 0 radical (unpaired) electrons. The van der Waals surface area contributed by atoms with Crippen LogP contribution in [0.25, 0.3) is 0 Å². The molecule has 1 N–H and O–H groups in total. The number of nitrogens with one attached hydrogen (secondary N) is 1. The van der Waals surface area contributed by atoms with Crippen LogP contribution >= 0.6 is 23.7 Å². The Hall–Kier alpha value is -0.670. The maximum absolute atomic E-state index is 12.5. The second-order valence-corrected chi connectivity index (χ2v) is 8.64. The number of likely N-dealkylation sites (N-methyl/N-ethyl adjacent to an activating group) is 1. The van der Waals surface area contributed by atoms with Crippen molar-refractivity contribution in [3.8, 4) is 0 Å². The number of piperazine rings is 1. The quantitative estimate of drug-likeness (QED) is 0.856. The molecule has 0 bridgehead atoms. The van der Waals surface area contributed by atoms with Crippen molar-refractivity contribution >= 4 is 39.7 Å². The Morgan fingerprint density at radius 3 is 2.45 bits per heavy atom. The Labute approximate surface area is 141 Å². The summed E-state index contributed by atoms with van der Waals surface area (Å²) in [5.41, 5.74) is 0. The third-order valence-corrected chi connectivity index (χ3v) is 6.54. The highest BCUT2D eigenvalue weighted by atomic mass is 35.5. The third kappa shape index (κ3) is 4.20. The molecule has 22 heavy (non-hydrogen) atoms. The van der Waals surface area contributed by atoms with E-state index < -0.39 is 10.0 Å². The van der Waals surface area contributed by atoms with Crippen LogP contribution in [0, 0.1) is 13.8 Å². The van der Waals surface area contributed by atoms with Crippen LogP contribution in [0.5, 0.6) is 0 Å². The number of hydrogen-bond acceptors (Lipinski definition) is 5. The summed E-state index contributed by atoms with van der Waals surface area (Å²) in [5.74, 6) is -0.146. The summed E-state index contributed by atoms with van der Waals surface area (Å²) < 4.78 is 26.2. The van der Waals surface area contributed by atoms with Crippen molar-refractivity contribution in [2.75, 3.05) is 39.8 Å². The Balaban J connectivity index is 0.00000242. The van der Waals surface area contributed by atoms with Crippen LogP contribution in [0.15, 0.2) is 11.0 Å². The molecule has 1 amide bonds. The average Bonchev–Trinajstić information content (AvgIpc) is 2.79. The summed E-state index contributed by atoms with van der Waals surface area (Å²) in [5, 5.41) is 3.16. The normalized spacial score (nSPS) is 15.7. The SMILES string of the molecule is Cc1cc(S(=O)(=O)N(C)CC(=O)N2CCNCC2)c(C)s1.Cl. The molecule has 0 unspecified atom stereocenters. The van der Waals surface area contributed by atoms with Crippen molar-refractivity contribution in [3.63, 3.8) is 0 Å². The first kappa shape index (κ1) is 19.4. The van der Waals surface area contributed by atoms with Gasteiger partial charge in [0.05, 0.1) is 11.4 Å². The molecule has 6 nitrogen and oxygen atoms in total. The lowest BCUT2D eigenvalue weighted by Crippen LogP contribution is -2.49. The lowest BCUT2D eigenvalue weighted by molar-refractivity contribution is -0.131. The maximum Gasteiger partial charge on any atom is 0.244 e. The smallest absolute Gasteiger partial charge is 0.244 e. The van der Waals surface area contributed by atoms with Gasteiger partial charge in [-0.25, -0.2) is 8.42 Å². The summed E-state index contributed by atoms with van der Waals surface area (Å²) in [6, 6.07) is 1.67. The predicted molar refractivity (Wildman–Crippen MR) is 90.3 cm³/mol. The lowest BCUT2D eigenvalue weighted by Gasteiger charge is -2.29. The number of aryl methyl sites for hydroxylation is 2. The number of amides is 1. The van der Waals surface area contributed by atoms with Crippen LogP contribution in [0.4, 0.5) is 0 Å². The molecule has 1 aromatic rings. The standard InChI is InChI=1S/C13H21N3O3S2.ClH/c1-10-8-12(11(2)20-10)21(18,19)15(3)9-13(17)16-6-4-14-5-7-16;/h8,14H,4-7,9H2,1-3H3;1H. The second kappa shape index (κ2) is 7.74. The highest BCUT2D eigenvalue weighted by Gasteiger charge is 2.28. The van der Waals surface area contributed by atoms with E-state index in [0.29, 0.717) is 18.0 Å². The van der Waals surface area contributed by atoms with Gasteiger partial charge >= 0.3 is 0 Å². The van der Waals surface area contributed by atoms with Gasteiger partial charge in [-0.15, -0.1) is 23.7 Å². The van der Waals surface area contributed by atoms with Crippen LogP contribution in [-0.2, 0) is 14.8 Å². The fraction of sp³-hybridized carbons (Fsp3) is 0.615. The van der Waals surface area contributed by atoms with E-state index in [1.165, 1.54) is 18.4 Å². The molecule has 0 aromatic carbocycles. The first-order chi connectivity index (χ1) is 9.82. The van der Waals surface area contributed by atoms with Crippen molar-refractivity contribution in [2.24, 2.45) is 0 Å². The molecule has 2 rings (SSSR count). The van der Waals surface area contributed by atoms with Crippen LogP contribution in [0.3, 0.4) is 0 Å². The second-order valence-electron chi connectivity index (χ2n) is 5.17. The van der Waals surface area contributed by atoms with Gasteiger partial charge in [0.15, 0.2) is 0 Å². The van der Waals surface area contributed by atoms with Crippen molar-refractivity contribution < 1.29 is 13.2 Å². The first-order valence-electron chi connectivity index (χ1n) is 6.84. The molecule has 1 aromatic heterocycles. The zero-order valence-corrected chi connectivity index (χ0v) is 15.4. The highest BCUT2D eigenvalue weighted by molar-refractivity contribution is 7.89. The van der Waals surface area contributed by atoms with Gasteiger partial charge in [-0.3, -0.25) is 4.79 Å². The molecular formula is C13H22ClN3O3S2. The molecule has 0 saturated carbocycles. The van der Waals surface area contributed by atoms with Crippen LogP contribution in [-0.4, -0.2) is 63.3 Å². The van der Waals surface area contributed by atoms with Gasteiger partial charge in [0.1, 0.15) is 0 Å². The fourth-order valence-electron chi connectivity index (χ4n) is 2.32. The van der Waals surface area contributed by atoms with Crippen molar-refractivity contribution in [3.05, 3.63) is 15.8 Å². The Morgan fingerprint density at radius 2 is 1.95 bits per heavy atom. The number of carbonyl (C=O) groups excluding carboxylic acids is 1. The third-order valence-electron chi connectivity index (χ3n) is 3.51. The molecular weight excluding hydrogens is 346 g/mol. The summed E-state index contributed by atoms with van der Waals surface area (Å²) >= 11 is 1.45. The molecule has 2 heterocycles. The monoisotopic (exact) mass is 367 g/mol. The van der Waals surface area contributed by atoms with Crippen molar-refractivity contribution in [1.29, 1.82) is 0 Å². The molecule has 0 spiro atoms. The van der Waals surface area contributed by atoms with Crippen LogP contribution in [0.1, 0.15) is 9.75 Å². The molecule has 0 aliphatic carbocycles. The van der Waals surface area contributed by atoms with Crippen LogP contribution in [0.2, 0.25) is 0 Å². The van der Waals surface area contributed by atoms with E-state index in [2.05, 4.69) is 5.32 Å². The number of sulfonamides is 1. The molecule has 1 fully saturated rings. The van der Waals surface area contributed by atoms with Gasteiger partial charge in [0.25, 0.3) is 0 Å². The average molecular weight is 368 g/mol. The zero-order chi connectivity index (χ0) is 15.6. The van der Waals surface area contributed by atoms with Crippen LogP contribution < -0.4 is 5.32 Å². The number of thiophene rings is 1. The van der Waals surface area contributed by atoms with Gasteiger partial charge in [-0.1, -0.05) is 0 Å². The number of rotatable bonds is 4. The van der Waals surface area contributed by atoms with Crippen molar-refractivity contribution in [1.82, 2.24) is 14.5 Å². The minimum Gasteiger partial charge on any atom is -0.339 e. The van der Waals surface area contributed by atoms with E-state index in [-0.39, 0.29) is 24.9 Å². The van der Waals surface area contributed by atoms with E-state index in [1.807, 2.05) is 6.92 Å². The van der Waals surface area contributed by atoms with Gasteiger partial charge in [0, 0.05) is 43.0 Å². The minimum atomic E-state index is -3.60. The topological polar surface area (TPSA) is 69.7 Å². The molecule has 1 saturated heterocycles. The van der Waals surface area contributed by atoms with Gasteiger partial charge in [-0.05, 0) is 19.9 Å². The zero-order valence-electron chi connectivity index (χ0n) is 13.0. The van der Waals surface area contributed by atoms with Crippen molar-refractivity contribution in [2.45, 2.75) is 18.7 Å². The predicted octanol–water partition coefficient (Wildman–Crippen LogP) is 0.839. The summed E-state index contributed by atoms with van der Waals surface area (Å²) in [6.45, 7) is 6.32. The largest absolute Gasteiger partial charge is 0.339 e. The number of nitrogens with zero attached hydrogens (tertiary/aromatic N) is 2. The van der Waals surface area contributed by atoms with Gasteiger partial charge in [0.2, 0.25) is 15.9 Å². The minimum absolute atomic E-state index is 0. The first-order valence-corrected chi connectivity index (χ1v) is 9.10. The highest BCUT2D eigenvalue weighted by Crippen LogP contribution is 2.27. The molecule has 1 aliphatic rings. The number of carbonyl (C=O) groups is 1. The summed E-state index contributed by atoms with van der Waals surface area (Å²) in [7, 11) is -2.14. The summed E-state index contributed by atoms with van der Waals surface area (Å²) in [4.78, 5) is 15.9. The fourth-order valence-corrected chi connectivity index (χ4v) is 4.96. The Bertz CT molecular complexity index is 624. The van der Waals surface area contributed by atoms with E-state index in [9.17, 15) is 13.2 Å². The van der Waals surface area contributed by atoms with E-state index in [1.54, 1.807) is 17.9 Å². The molecule has 1 aliphatic heterocycles. The lowest BCUT2D eigenvalue weighted by atomic mass is 10.3.